The summed E-state index contributed by atoms with van der Waals surface area (Å²) in [7, 11) is 0. The Kier molecular flexibility index (Phi) is 5.24. The van der Waals surface area contributed by atoms with Gasteiger partial charge in [-0.25, -0.2) is 9.97 Å². The molecule has 3 aromatic rings. The number of ether oxygens (including phenoxy) is 1. The van der Waals surface area contributed by atoms with Gasteiger partial charge in [-0.1, -0.05) is 34.5 Å². The molecule has 3 rings (SSSR count). The van der Waals surface area contributed by atoms with Crippen LogP contribution in [0.1, 0.15) is 5.69 Å². The molecule has 2 aromatic heterocycles. The molecule has 1 aromatic carbocycles. The van der Waals surface area contributed by atoms with E-state index in [4.69, 9.17) is 27.9 Å². The minimum absolute atomic E-state index is 0.219. The lowest BCUT2D eigenvalue weighted by atomic mass is 10.2. The fraction of sp³-hybridized carbons (Fsp3) is 0.133. The van der Waals surface area contributed by atoms with Gasteiger partial charge in [0.2, 0.25) is 0 Å². The van der Waals surface area contributed by atoms with Gasteiger partial charge in [0.05, 0.1) is 20.0 Å². The van der Waals surface area contributed by atoms with E-state index in [9.17, 15) is 4.79 Å². The SMILES string of the molecule is Cc1ccc2c(Cl)cc(Cl)c(OCC(=O)Nc3ncc(Br)s3)c2n1. The number of benzene rings is 1. The van der Waals surface area contributed by atoms with E-state index < -0.39 is 0 Å². The van der Waals surface area contributed by atoms with Crippen molar-refractivity contribution >= 4 is 72.4 Å². The Bertz CT molecular complexity index is 932. The summed E-state index contributed by atoms with van der Waals surface area (Å²) in [5.41, 5.74) is 1.32. The van der Waals surface area contributed by atoms with Crippen LogP contribution in [0.4, 0.5) is 5.13 Å². The van der Waals surface area contributed by atoms with E-state index in [1.807, 2.05) is 19.1 Å². The molecular formula is C15H10BrCl2N3O2S. The van der Waals surface area contributed by atoms with Crippen molar-refractivity contribution in [2.75, 3.05) is 11.9 Å². The molecule has 124 valence electrons. The topological polar surface area (TPSA) is 64.1 Å². The van der Waals surface area contributed by atoms with Gasteiger partial charge in [0.1, 0.15) is 5.52 Å². The Balaban J connectivity index is 1.82. The zero-order chi connectivity index (χ0) is 17.3. The number of fused-ring (bicyclic) bond motifs is 1. The fourth-order valence-corrected chi connectivity index (χ4v) is 3.73. The fourth-order valence-electron chi connectivity index (χ4n) is 2.03. The van der Waals surface area contributed by atoms with Gasteiger partial charge in [0.15, 0.2) is 17.5 Å². The average Bonchev–Trinajstić information content (AvgIpc) is 2.91. The molecule has 0 saturated heterocycles. The van der Waals surface area contributed by atoms with Crippen LogP contribution in [-0.2, 0) is 4.79 Å². The maximum absolute atomic E-state index is 12.0. The number of nitrogens with zero attached hydrogens (tertiary/aromatic N) is 2. The third-order valence-corrected chi connectivity index (χ3v) is 5.03. The molecular weight excluding hydrogens is 437 g/mol. The molecule has 0 unspecified atom stereocenters. The second-order valence-electron chi connectivity index (χ2n) is 4.82. The molecule has 0 bridgehead atoms. The molecule has 0 aliphatic carbocycles. The first-order chi connectivity index (χ1) is 11.4. The van der Waals surface area contributed by atoms with Crippen molar-refractivity contribution in [3.63, 3.8) is 0 Å². The molecule has 0 fully saturated rings. The van der Waals surface area contributed by atoms with Gasteiger partial charge < -0.3 is 4.74 Å². The average molecular weight is 447 g/mol. The van der Waals surface area contributed by atoms with Crippen molar-refractivity contribution in [1.82, 2.24) is 9.97 Å². The summed E-state index contributed by atoms with van der Waals surface area (Å²) < 4.78 is 6.43. The number of aryl methyl sites for hydroxylation is 1. The van der Waals surface area contributed by atoms with Gasteiger partial charge in [-0.15, -0.1) is 0 Å². The van der Waals surface area contributed by atoms with Gasteiger partial charge in [0.25, 0.3) is 5.91 Å². The highest BCUT2D eigenvalue weighted by atomic mass is 79.9. The number of pyridine rings is 1. The largest absolute Gasteiger partial charge is 0.480 e. The summed E-state index contributed by atoms with van der Waals surface area (Å²) in [5, 5.41) is 4.62. The van der Waals surface area contributed by atoms with E-state index in [0.717, 1.165) is 9.48 Å². The Labute approximate surface area is 160 Å². The third kappa shape index (κ3) is 3.80. The van der Waals surface area contributed by atoms with E-state index in [2.05, 4.69) is 31.2 Å². The van der Waals surface area contributed by atoms with Crippen LogP contribution in [-0.4, -0.2) is 22.5 Å². The Hall–Kier alpha value is -1.41. The first-order valence-electron chi connectivity index (χ1n) is 6.73. The summed E-state index contributed by atoms with van der Waals surface area (Å²) in [6.45, 7) is 1.63. The van der Waals surface area contributed by atoms with Crippen molar-refractivity contribution < 1.29 is 9.53 Å². The molecule has 24 heavy (non-hydrogen) atoms. The predicted molar refractivity (Wildman–Crippen MR) is 100 cm³/mol. The van der Waals surface area contributed by atoms with E-state index in [1.54, 1.807) is 12.3 Å². The molecule has 0 aliphatic heterocycles. The summed E-state index contributed by atoms with van der Waals surface area (Å²) in [5.74, 6) is -0.0149. The Morgan fingerprint density at radius 2 is 2.17 bits per heavy atom. The normalized spacial score (nSPS) is 10.8. The summed E-state index contributed by atoms with van der Waals surface area (Å²) >= 11 is 17.0. The first-order valence-corrected chi connectivity index (χ1v) is 9.10. The van der Waals surface area contributed by atoms with E-state index in [1.165, 1.54) is 11.3 Å². The maximum Gasteiger partial charge on any atom is 0.264 e. The van der Waals surface area contributed by atoms with Crippen molar-refractivity contribution in [2.24, 2.45) is 0 Å². The molecule has 0 spiro atoms. The number of amides is 1. The van der Waals surface area contributed by atoms with E-state index in [-0.39, 0.29) is 12.5 Å². The molecule has 5 nitrogen and oxygen atoms in total. The summed E-state index contributed by atoms with van der Waals surface area (Å²) in [6.07, 6.45) is 1.61. The maximum atomic E-state index is 12.0. The standard InChI is InChI=1S/C15H10BrCl2N3O2S/c1-7-2-3-8-9(17)4-10(18)14(13(8)20-7)23-6-12(22)21-15-19-5-11(16)24-15/h2-5H,6H2,1H3,(H,19,21,22). The van der Waals surface area contributed by atoms with Crippen LogP contribution >= 0.6 is 50.5 Å². The van der Waals surface area contributed by atoms with Crippen LogP contribution in [0.25, 0.3) is 10.9 Å². The van der Waals surface area contributed by atoms with Crippen LogP contribution in [0.15, 0.2) is 28.2 Å². The Morgan fingerprint density at radius 1 is 1.38 bits per heavy atom. The minimum atomic E-state index is -0.344. The van der Waals surface area contributed by atoms with Crippen LogP contribution in [0.3, 0.4) is 0 Å². The van der Waals surface area contributed by atoms with Crippen LogP contribution in [0.2, 0.25) is 10.0 Å². The predicted octanol–water partition coefficient (Wildman–Crippen LogP) is 5.09. The van der Waals surface area contributed by atoms with Crippen molar-refractivity contribution in [1.29, 1.82) is 0 Å². The number of anilines is 1. The summed E-state index contributed by atoms with van der Waals surface area (Å²) in [4.78, 5) is 20.5. The quantitative estimate of drug-likeness (QED) is 0.606. The van der Waals surface area contributed by atoms with Crippen LogP contribution in [0, 0.1) is 6.92 Å². The van der Waals surface area contributed by atoms with E-state index >= 15 is 0 Å². The number of rotatable bonds is 4. The molecule has 9 heteroatoms. The van der Waals surface area contributed by atoms with Gasteiger partial charge >= 0.3 is 0 Å². The van der Waals surface area contributed by atoms with Crippen molar-refractivity contribution in [2.45, 2.75) is 6.92 Å². The van der Waals surface area contributed by atoms with Gasteiger partial charge in [-0.3, -0.25) is 10.1 Å². The second-order valence-corrected chi connectivity index (χ2v) is 8.05. The zero-order valence-corrected chi connectivity index (χ0v) is 16.2. The number of hydrogen-bond acceptors (Lipinski definition) is 5. The third-order valence-electron chi connectivity index (χ3n) is 3.05. The minimum Gasteiger partial charge on any atom is -0.480 e. The highest BCUT2D eigenvalue weighted by molar-refractivity contribution is 9.11. The number of aromatic nitrogens is 2. The molecule has 0 radical (unpaired) electrons. The highest BCUT2D eigenvalue weighted by Crippen LogP contribution is 2.37. The van der Waals surface area contributed by atoms with Gasteiger partial charge in [-0.2, -0.15) is 0 Å². The number of carbonyl (C=O) groups excluding carboxylic acids is 1. The van der Waals surface area contributed by atoms with Crippen molar-refractivity contribution in [3.8, 4) is 5.75 Å². The number of halogens is 3. The first kappa shape index (κ1) is 17.4. The van der Waals surface area contributed by atoms with Crippen molar-refractivity contribution in [3.05, 3.63) is 43.9 Å². The zero-order valence-electron chi connectivity index (χ0n) is 12.3. The molecule has 2 heterocycles. The number of nitrogens with one attached hydrogen (secondary N) is 1. The molecule has 0 atom stereocenters. The van der Waals surface area contributed by atoms with Gasteiger partial charge in [-0.05, 0) is 41.1 Å². The second kappa shape index (κ2) is 7.23. The van der Waals surface area contributed by atoms with Crippen LogP contribution in [0.5, 0.6) is 5.75 Å². The molecule has 0 aliphatic rings. The lowest BCUT2D eigenvalue weighted by molar-refractivity contribution is -0.118. The van der Waals surface area contributed by atoms with Gasteiger partial charge in [0, 0.05) is 11.1 Å². The number of thiazole rings is 1. The molecule has 0 saturated carbocycles. The van der Waals surface area contributed by atoms with E-state index in [0.29, 0.717) is 31.8 Å². The smallest absolute Gasteiger partial charge is 0.264 e. The lowest BCUT2D eigenvalue weighted by Gasteiger charge is -2.12. The number of carbonyl (C=O) groups is 1. The Morgan fingerprint density at radius 3 is 2.88 bits per heavy atom. The lowest BCUT2D eigenvalue weighted by Crippen LogP contribution is -2.20. The summed E-state index contributed by atoms with van der Waals surface area (Å²) in [6, 6.07) is 5.27. The molecule has 1 amide bonds. The molecule has 1 N–H and O–H groups in total. The van der Waals surface area contributed by atoms with Crippen LogP contribution < -0.4 is 10.1 Å². The monoisotopic (exact) mass is 445 g/mol. The number of hydrogen-bond donors (Lipinski definition) is 1. The highest BCUT2D eigenvalue weighted by Gasteiger charge is 2.15.